The number of esters is 1. The van der Waals surface area contributed by atoms with Crippen LogP contribution in [0, 0.1) is 5.92 Å². The average Bonchev–Trinajstić information content (AvgIpc) is 2.46. The molecule has 0 radical (unpaired) electrons. The lowest BCUT2D eigenvalue weighted by atomic mass is 10.0. The third-order valence-electron chi connectivity index (χ3n) is 3.77. The molecule has 0 aromatic heterocycles. The molecule has 2 rings (SSSR count). The molecule has 2 unspecified atom stereocenters. The van der Waals surface area contributed by atoms with Crippen LogP contribution in [0.15, 0.2) is 0 Å². The van der Waals surface area contributed by atoms with Gasteiger partial charge < -0.3 is 9.47 Å². The minimum Gasteiger partial charge on any atom is -0.467 e. The van der Waals surface area contributed by atoms with E-state index in [0.717, 1.165) is 12.8 Å². The summed E-state index contributed by atoms with van der Waals surface area (Å²) in [6, 6.07) is 0. The van der Waals surface area contributed by atoms with E-state index in [1.807, 2.05) is 0 Å². The lowest BCUT2D eigenvalue weighted by Crippen LogP contribution is -2.54. The first-order valence-corrected chi connectivity index (χ1v) is 8.29. The largest absolute Gasteiger partial charge is 0.467 e. The highest BCUT2D eigenvalue weighted by atomic mass is 32.2. The predicted molar refractivity (Wildman–Crippen MR) is 72.2 cm³/mol. The van der Waals surface area contributed by atoms with Gasteiger partial charge in [0.15, 0.2) is 6.10 Å². The highest BCUT2D eigenvalue weighted by molar-refractivity contribution is 7.86. The zero-order valence-corrected chi connectivity index (χ0v) is 12.8. The Balaban J connectivity index is 2.06. The van der Waals surface area contributed by atoms with Gasteiger partial charge in [0.2, 0.25) is 0 Å². The van der Waals surface area contributed by atoms with Crippen LogP contribution < -0.4 is 0 Å². The zero-order chi connectivity index (χ0) is 14.8. The lowest BCUT2D eigenvalue weighted by molar-refractivity contribution is -0.157. The number of piperidine rings is 1. The van der Waals surface area contributed by atoms with Gasteiger partial charge in [-0.1, -0.05) is 6.92 Å². The maximum atomic E-state index is 12.6. The molecule has 0 bridgehead atoms. The monoisotopic (exact) mass is 306 g/mol. The molecule has 0 spiro atoms. The van der Waals surface area contributed by atoms with Gasteiger partial charge in [0.1, 0.15) is 0 Å². The number of hydrogen-bond donors (Lipinski definition) is 0. The minimum atomic E-state index is -3.51. The van der Waals surface area contributed by atoms with E-state index in [1.54, 1.807) is 0 Å². The third-order valence-corrected chi connectivity index (χ3v) is 5.73. The van der Waals surface area contributed by atoms with E-state index in [0.29, 0.717) is 19.0 Å². The van der Waals surface area contributed by atoms with Crippen LogP contribution in [-0.2, 0) is 24.5 Å². The predicted octanol–water partition coefficient (Wildman–Crippen LogP) is -0.163. The summed E-state index contributed by atoms with van der Waals surface area (Å²) in [5.74, 6) is -0.159. The SMILES string of the molecule is COC(=O)C1CN(S(=O)(=O)N2CCCC(C)C2)CCO1. The van der Waals surface area contributed by atoms with E-state index in [-0.39, 0.29) is 19.7 Å². The van der Waals surface area contributed by atoms with Crippen molar-refractivity contribution in [2.45, 2.75) is 25.9 Å². The summed E-state index contributed by atoms with van der Waals surface area (Å²) in [7, 11) is -2.24. The summed E-state index contributed by atoms with van der Waals surface area (Å²) >= 11 is 0. The molecular formula is C12H22N2O5S. The quantitative estimate of drug-likeness (QED) is 0.677. The van der Waals surface area contributed by atoms with Crippen molar-refractivity contribution in [2.75, 3.05) is 39.9 Å². The van der Waals surface area contributed by atoms with Crippen molar-refractivity contribution in [3.05, 3.63) is 0 Å². The second-order valence-corrected chi connectivity index (χ2v) is 7.28. The van der Waals surface area contributed by atoms with E-state index < -0.39 is 22.3 Å². The fourth-order valence-corrected chi connectivity index (χ4v) is 4.39. The average molecular weight is 306 g/mol. The summed E-state index contributed by atoms with van der Waals surface area (Å²) in [6.07, 6.45) is 1.11. The van der Waals surface area contributed by atoms with Crippen LogP contribution in [0.4, 0.5) is 0 Å². The Morgan fingerprint density at radius 3 is 2.60 bits per heavy atom. The molecule has 2 atom stereocenters. The van der Waals surface area contributed by atoms with Crippen LogP contribution in [0.2, 0.25) is 0 Å². The Kier molecular flexibility index (Phi) is 5.00. The highest BCUT2D eigenvalue weighted by Crippen LogP contribution is 2.22. The van der Waals surface area contributed by atoms with E-state index in [1.165, 1.54) is 15.7 Å². The first kappa shape index (κ1) is 15.7. The Morgan fingerprint density at radius 1 is 1.25 bits per heavy atom. The standard InChI is InChI=1S/C12H22N2O5S/c1-10-4-3-5-13(8-10)20(16,17)14-6-7-19-11(9-14)12(15)18-2/h10-11H,3-9H2,1-2H3. The molecule has 0 aliphatic carbocycles. The van der Waals surface area contributed by atoms with Crippen molar-refractivity contribution < 1.29 is 22.7 Å². The van der Waals surface area contributed by atoms with Crippen LogP contribution in [0.3, 0.4) is 0 Å². The topological polar surface area (TPSA) is 76.2 Å². The number of hydrogen-bond acceptors (Lipinski definition) is 5. The fourth-order valence-electron chi connectivity index (χ4n) is 2.63. The maximum absolute atomic E-state index is 12.6. The summed E-state index contributed by atoms with van der Waals surface area (Å²) in [5, 5.41) is 0. The van der Waals surface area contributed by atoms with Gasteiger partial charge in [-0.25, -0.2) is 4.79 Å². The van der Waals surface area contributed by atoms with Gasteiger partial charge in [-0.2, -0.15) is 17.0 Å². The van der Waals surface area contributed by atoms with Gasteiger partial charge >= 0.3 is 5.97 Å². The van der Waals surface area contributed by atoms with Crippen molar-refractivity contribution in [2.24, 2.45) is 5.92 Å². The lowest BCUT2D eigenvalue weighted by Gasteiger charge is -2.37. The number of nitrogens with zero attached hydrogens (tertiary/aromatic N) is 2. The molecule has 116 valence electrons. The molecule has 0 amide bonds. The summed E-state index contributed by atoms with van der Waals surface area (Å²) in [5.41, 5.74) is 0. The molecule has 20 heavy (non-hydrogen) atoms. The number of carbonyl (C=O) groups excluding carboxylic acids is 1. The highest BCUT2D eigenvalue weighted by Gasteiger charge is 2.38. The van der Waals surface area contributed by atoms with Gasteiger partial charge in [0, 0.05) is 19.6 Å². The Labute approximate surface area is 120 Å². The van der Waals surface area contributed by atoms with Gasteiger partial charge in [-0.05, 0) is 18.8 Å². The fraction of sp³-hybridized carbons (Fsp3) is 0.917. The first-order chi connectivity index (χ1) is 9.45. The van der Waals surface area contributed by atoms with Gasteiger partial charge in [0.25, 0.3) is 10.2 Å². The normalized spacial score (nSPS) is 30.1. The number of ether oxygens (including phenoxy) is 2. The van der Waals surface area contributed by atoms with Crippen molar-refractivity contribution in [3.8, 4) is 0 Å². The Morgan fingerprint density at radius 2 is 1.95 bits per heavy atom. The zero-order valence-electron chi connectivity index (χ0n) is 11.9. The second-order valence-electron chi connectivity index (χ2n) is 5.35. The van der Waals surface area contributed by atoms with E-state index in [2.05, 4.69) is 11.7 Å². The number of morpholine rings is 1. The molecule has 2 heterocycles. The molecule has 0 N–H and O–H groups in total. The van der Waals surface area contributed by atoms with Crippen LogP contribution >= 0.6 is 0 Å². The first-order valence-electron chi connectivity index (χ1n) is 6.90. The van der Waals surface area contributed by atoms with E-state index in [4.69, 9.17) is 4.74 Å². The van der Waals surface area contributed by atoms with Crippen molar-refractivity contribution in [1.29, 1.82) is 0 Å². The molecule has 2 aliphatic rings. The number of methoxy groups -OCH3 is 1. The van der Waals surface area contributed by atoms with Gasteiger partial charge in [0.05, 0.1) is 20.3 Å². The van der Waals surface area contributed by atoms with Crippen LogP contribution in [-0.4, -0.2) is 69.0 Å². The molecule has 8 heteroatoms. The molecule has 0 saturated carbocycles. The third kappa shape index (κ3) is 3.30. The molecule has 2 aliphatic heterocycles. The van der Waals surface area contributed by atoms with Crippen LogP contribution in [0.25, 0.3) is 0 Å². The Hall–Kier alpha value is -0.700. The molecule has 7 nitrogen and oxygen atoms in total. The molecule has 2 saturated heterocycles. The summed E-state index contributed by atoms with van der Waals surface area (Å²) in [4.78, 5) is 11.5. The van der Waals surface area contributed by atoms with Gasteiger partial charge in [-0.3, -0.25) is 0 Å². The molecule has 2 fully saturated rings. The van der Waals surface area contributed by atoms with Crippen molar-refractivity contribution in [1.82, 2.24) is 8.61 Å². The van der Waals surface area contributed by atoms with Crippen molar-refractivity contribution in [3.63, 3.8) is 0 Å². The molecule has 0 aromatic rings. The van der Waals surface area contributed by atoms with E-state index in [9.17, 15) is 13.2 Å². The van der Waals surface area contributed by atoms with Crippen molar-refractivity contribution >= 4 is 16.2 Å². The van der Waals surface area contributed by atoms with Crippen LogP contribution in [0.1, 0.15) is 19.8 Å². The summed E-state index contributed by atoms with van der Waals surface area (Å²) < 4.78 is 37.9. The van der Waals surface area contributed by atoms with E-state index >= 15 is 0 Å². The minimum absolute atomic E-state index is 0.0277. The second kappa shape index (κ2) is 6.38. The Bertz CT molecular complexity index is 453. The molecule has 0 aromatic carbocycles. The maximum Gasteiger partial charge on any atom is 0.336 e. The number of rotatable bonds is 3. The van der Waals surface area contributed by atoms with Gasteiger partial charge in [-0.15, -0.1) is 0 Å². The summed E-state index contributed by atoms with van der Waals surface area (Å²) in [6.45, 7) is 3.66. The number of carbonyl (C=O) groups is 1. The smallest absolute Gasteiger partial charge is 0.336 e. The van der Waals surface area contributed by atoms with Crippen LogP contribution in [0.5, 0.6) is 0 Å². The molecular weight excluding hydrogens is 284 g/mol.